The number of rotatable bonds is 11. The third kappa shape index (κ3) is 6.46. The molecular formula is C29H29N7O11S2. The number of β-lactam (4-membered cyclic amide) rings is 1. The van der Waals surface area contributed by atoms with Crippen LogP contribution in [0, 0.1) is 0 Å². The molecule has 4 heterocycles. The maximum Gasteiger partial charge on any atom is 0.352 e. The minimum Gasteiger partial charge on any atom is -0.504 e. The van der Waals surface area contributed by atoms with Gasteiger partial charge in [0, 0.05) is 23.4 Å². The van der Waals surface area contributed by atoms with Gasteiger partial charge in [-0.15, -0.1) is 23.1 Å². The van der Waals surface area contributed by atoms with E-state index in [2.05, 4.69) is 25.8 Å². The fraction of sp³-hybridized carbons (Fsp3) is 0.310. The molecule has 1 aromatic carbocycles. The molecule has 2 aromatic heterocycles. The summed E-state index contributed by atoms with van der Waals surface area (Å²) in [6.07, 6.45) is 1.30. The molecule has 49 heavy (non-hydrogen) atoms. The Morgan fingerprint density at radius 1 is 1.20 bits per heavy atom. The molecule has 9 N–H and O–H groups in total. The average Bonchev–Trinajstić information content (AvgIpc) is 3.48. The number of amides is 3. The number of benzene rings is 1. The van der Waals surface area contributed by atoms with Crippen molar-refractivity contribution in [2.24, 2.45) is 5.16 Å². The number of thiazole rings is 1. The third-order valence-corrected chi connectivity index (χ3v) is 9.68. The number of aromatic amines is 1. The van der Waals surface area contributed by atoms with Crippen molar-refractivity contribution >= 4 is 74.5 Å². The molecule has 0 bridgehead atoms. The van der Waals surface area contributed by atoms with Crippen molar-refractivity contribution in [3.8, 4) is 11.5 Å². The summed E-state index contributed by atoms with van der Waals surface area (Å²) >= 11 is 2.10. The van der Waals surface area contributed by atoms with Gasteiger partial charge in [0.2, 0.25) is 11.0 Å². The number of hydrogen-bond acceptors (Lipinski definition) is 14. The van der Waals surface area contributed by atoms with E-state index in [1.807, 2.05) is 0 Å². The van der Waals surface area contributed by atoms with Gasteiger partial charge in [0.15, 0.2) is 22.3 Å². The minimum absolute atomic E-state index is 0.0158. The van der Waals surface area contributed by atoms with Gasteiger partial charge in [0.25, 0.3) is 17.7 Å². The number of anilines is 1. The van der Waals surface area contributed by atoms with Crippen LogP contribution in [0.15, 0.2) is 44.9 Å². The van der Waals surface area contributed by atoms with Crippen molar-refractivity contribution in [3.05, 3.63) is 56.5 Å². The SMILES string of the molecule is CCC(NC(=O)c1c[nH]c2cc(O)c(O)cc2c1=O)C1=C(C(=O)O)N2C(=O)C(NC(=O)/C(=N\OC(C)(C)C(=O)O)c3csc(N)n3)[C@@H]2SC1. The summed E-state index contributed by atoms with van der Waals surface area (Å²) in [5.74, 6) is -6.44. The number of carboxylic acids is 2. The molecule has 0 aliphatic carbocycles. The first-order chi connectivity index (χ1) is 23.0. The van der Waals surface area contributed by atoms with Crippen LogP contribution in [0.25, 0.3) is 10.9 Å². The van der Waals surface area contributed by atoms with Crippen LogP contribution in [0.3, 0.4) is 0 Å². The Morgan fingerprint density at radius 2 is 1.90 bits per heavy atom. The normalized spacial score (nSPS) is 18.4. The molecule has 5 rings (SSSR count). The Morgan fingerprint density at radius 3 is 2.51 bits per heavy atom. The number of carbonyl (C=O) groups excluding carboxylic acids is 3. The lowest BCUT2D eigenvalue weighted by Crippen LogP contribution is -2.71. The quantitative estimate of drug-likeness (QED) is 0.0581. The molecule has 2 aliphatic rings. The smallest absolute Gasteiger partial charge is 0.352 e. The number of nitrogens with one attached hydrogen (secondary N) is 3. The summed E-state index contributed by atoms with van der Waals surface area (Å²) in [4.78, 5) is 89.9. The summed E-state index contributed by atoms with van der Waals surface area (Å²) in [6, 6.07) is -0.0153. The van der Waals surface area contributed by atoms with Crippen LogP contribution in [0.5, 0.6) is 11.5 Å². The molecule has 20 heteroatoms. The minimum atomic E-state index is -1.83. The molecule has 1 saturated heterocycles. The number of oxime groups is 1. The van der Waals surface area contributed by atoms with Gasteiger partial charge in [0.1, 0.15) is 28.4 Å². The Kier molecular flexibility index (Phi) is 9.28. The second-order valence-corrected chi connectivity index (χ2v) is 13.3. The fourth-order valence-corrected chi connectivity index (χ4v) is 6.98. The van der Waals surface area contributed by atoms with Gasteiger partial charge in [-0.2, -0.15) is 0 Å². The van der Waals surface area contributed by atoms with Crippen molar-refractivity contribution < 1.29 is 49.2 Å². The lowest BCUT2D eigenvalue weighted by Gasteiger charge is -2.50. The zero-order valence-electron chi connectivity index (χ0n) is 25.8. The van der Waals surface area contributed by atoms with E-state index in [-0.39, 0.29) is 45.0 Å². The summed E-state index contributed by atoms with van der Waals surface area (Å²) in [7, 11) is 0. The van der Waals surface area contributed by atoms with Crippen LogP contribution in [0.2, 0.25) is 0 Å². The number of phenolic OH excluding ortho intramolecular Hbond substituents is 2. The summed E-state index contributed by atoms with van der Waals surface area (Å²) in [6.45, 7) is 4.08. The highest BCUT2D eigenvalue weighted by molar-refractivity contribution is 8.00. The number of aliphatic carboxylic acids is 2. The van der Waals surface area contributed by atoms with E-state index in [4.69, 9.17) is 10.6 Å². The molecule has 18 nitrogen and oxygen atoms in total. The summed E-state index contributed by atoms with van der Waals surface area (Å²) in [5, 5.41) is 48.5. The number of nitrogens with two attached hydrogens (primary N) is 1. The van der Waals surface area contributed by atoms with E-state index in [1.165, 1.54) is 19.2 Å². The fourth-order valence-electron chi connectivity index (χ4n) is 5.00. The van der Waals surface area contributed by atoms with Gasteiger partial charge in [-0.05, 0) is 31.9 Å². The van der Waals surface area contributed by atoms with E-state index in [0.717, 1.165) is 46.3 Å². The molecule has 2 aliphatic heterocycles. The van der Waals surface area contributed by atoms with Crippen LogP contribution in [-0.4, -0.2) is 99.5 Å². The predicted octanol–water partition coefficient (Wildman–Crippen LogP) is 0.509. The van der Waals surface area contributed by atoms with Crippen molar-refractivity contribution in [2.45, 2.75) is 50.3 Å². The van der Waals surface area contributed by atoms with Gasteiger partial charge < -0.3 is 46.6 Å². The number of carbonyl (C=O) groups is 5. The predicted molar refractivity (Wildman–Crippen MR) is 175 cm³/mol. The number of phenols is 2. The Bertz CT molecular complexity index is 2040. The lowest BCUT2D eigenvalue weighted by molar-refractivity contribution is -0.161. The average molecular weight is 716 g/mol. The van der Waals surface area contributed by atoms with Crippen LogP contribution < -0.4 is 21.8 Å². The van der Waals surface area contributed by atoms with Crippen molar-refractivity contribution in [1.29, 1.82) is 0 Å². The van der Waals surface area contributed by atoms with E-state index in [0.29, 0.717) is 0 Å². The number of nitrogens with zero attached hydrogens (tertiary/aromatic N) is 3. The van der Waals surface area contributed by atoms with E-state index >= 15 is 0 Å². The molecule has 0 spiro atoms. The molecule has 258 valence electrons. The molecule has 1 fully saturated rings. The first-order valence-corrected chi connectivity index (χ1v) is 16.3. The van der Waals surface area contributed by atoms with Gasteiger partial charge in [-0.1, -0.05) is 12.1 Å². The third-order valence-electron chi connectivity index (χ3n) is 7.70. The molecule has 3 aromatic rings. The second kappa shape index (κ2) is 13.1. The Labute approximate surface area is 283 Å². The van der Waals surface area contributed by atoms with Gasteiger partial charge in [-0.3, -0.25) is 24.1 Å². The van der Waals surface area contributed by atoms with Gasteiger partial charge in [-0.25, -0.2) is 14.6 Å². The first kappa shape index (κ1) is 34.7. The van der Waals surface area contributed by atoms with Crippen LogP contribution in [0.1, 0.15) is 43.2 Å². The number of H-pyrrole nitrogens is 1. The molecular weight excluding hydrogens is 686 g/mol. The maximum atomic E-state index is 13.4. The monoisotopic (exact) mass is 715 g/mol. The molecule has 3 atom stereocenters. The molecule has 3 amide bonds. The van der Waals surface area contributed by atoms with E-state index in [9.17, 15) is 49.2 Å². The second-order valence-electron chi connectivity index (χ2n) is 11.3. The number of fused-ring (bicyclic) bond motifs is 2. The Hall–Kier alpha value is -5.63. The van der Waals surface area contributed by atoms with Crippen molar-refractivity contribution in [2.75, 3.05) is 11.5 Å². The van der Waals surface area contributed by atoms with E-state index in [1.54, 1.807) is 6.92 Å². The van der Waals surface area contributed by atoms with Crippen molar-refractivity contribution in [1.82, 2.24) is 25.5 Å². The number of thioether (sulfide) groups is 1. The number of nitrogen functional groups attached to an aromatic ring is 1. The molecule has 2 unspecified atom stereocenters. The molecule has 0 radical (unpaired) electrons. The highest BCUT2D eigenvalue weighted by Gasteiger charge is 2.55. The topological polar surface area (TPSA) is 287 Å². The molecule has 0 saturated carbocycles. The first-order valence-electron chi connectivity index (χ1n) is 14.4. The zero-order chi connectivity index (χ0) is 35.9. The van der Waals surface area contributed by atoms with Crippen molar-refractivity contribution in [3.63, 3.8) is 0 Å². The Balaban J connectivity index is 1.38. The van der Waals surface area contributed by atoms with E-state index < -0.39 is 81.1 Å². The number of aromatic nitrogens is 2. The van der Waals surface area contributed by atoms with Gasteiger partial charge >= 0.3 is 11.9 Å². The van der Waals surface area contributed by atoms with Crippen LogP contribution in [-0.2, 0) is 24.0 Å². The lowest BCUT2D eigenvalue weighted by atomic mass is 9.97. The van der Waals surface area contributed by atoms with Crippen LogP contribution in [0.4, 0.5) is 5.13 Å². The standard InChI is InChI=1S/C29H29N7O11S2/c1-4-13(32-22(40)11-7-31-14-6-17(38)16(37)5-10(14)21(11)39)12-8-48-25-19(24(42)36(25)20(12)26(43)44)34-23(41)18(15-9-49-28(30)33-15)35-47-29(2,3)27(45)46/h5-7,9,13,19,25,37-38H,4,8H2,1-3H3,(H2,30,33)(H,31,39)(H,32,40)(H,34,41)(H,43,44)(H,45,46)/b35-18-/t13?,19?,25-/m0/s1. The highest BCUT2D eigenvalue weighted by atomic mass is 32.2. The summed E-state index contributed by atoms with van der Waals surface area (Å²) in [5.41, 5.74) is 2.22. The maximum absolute atomic E-state index is 13.4. The zero-order valence-corrected chi connectivity index (χ0v) is 27.5. The number of carboxylic acid groups (broad SMARTS) is 2. The number of hydrogen-bond donors (Lipinski definition) is 8. The largest absolute Gasteiger partial charge is 0.504 e. The number of aromatic hydroxyl groups is 2. The van der Waals surface area contributed by atoms with Gasteiger partial charge in [0.05, 0.1) is 16.9 Å². The highest BCUT2D eigenvalue weighted by Crippen LogP contribution is 2.41. The number of pyridine rings is 1. The van der Waals surface area contributed by atoms with Crippen LogP contribution >= 0.6 is 23.1 Å². The summed E-state index contributed by atoms with van der Waals surface area (Å²) < 4.78 is 0.